The maximum atomic E-state index is 12.0. The molecule has 146 valence electrons. The largest absolute Gasteiger partial charge is 0.329 e. The molecule has 0 amide bonds. The minimum Gasteiger partial charge on any atom is -0.329 e. The molecule has 1 aliphatic carbocycles. The Labute approximate surface area is 170 Å². The van der Waals surface area contributed by atoms with Crippen molar-refractivity contribution in [3.63, 3.8) is 0 Å². The normalized spacial score (nSPS) is 16.3. The monoisotopic (exact) mass is 382 g/mol. The Balaban J connectivity index is 1.56. The van der Waals surface area contributed by atoms with E-state index in [-0.39, 0.29) is 11.6 Å². The molecule has 1 saturated carbocycles. The van der Waals surface area contributed by atoms with Gasteiger partial charge in [0.1, 0.15) is 0 Å². The number of H-pyrrole nitrogens is 1. The predicted molar refractivity (Wildman–Crippen MR) is 121 cm³/mol. The first-order valence-corrected chi connectivity index (χ1v) is 10.6. The molecule has 1 aromatic heterocycles. The van der Waals surface area contributed by atoms with E-state index < -0.39 is 0 Å². The Hall–Kier alpha value is -2.91. The van der Waals surface area contributed by atoms with Crippen LogP contribution < -0.4 is 11.3 Å². The minimum absolute atomic E-state index is 0.0479. The molecule has 3 N–H and O–H groups in total. The summed E-state index contributed by atoms with van der Waals surface area (Å²) in [5.41, 5.74) is 10.2. The summed E-state index contributed by atoms with van der Waals surface area (Å²) in [7, 11) is 0. The van der Waals surface area contributed by atoms with Gasteiger partial charge in [0, 0.05) is 17.6 Å². The van der Waals surface area contributed by atoms with E-state index in [9.17, 15) is 4.79 Å². The second-order valence-electron chi connectivity index (χ2n) is 8.32. The van der Waals surface area contributed by atoms with Crippen LogP contribution >= 0.6 is 0 Å². The molecule has 1 aliphatic rings. The first-order valence-electron chi connectivity index (χ1n) is 10.6. The maximum Gasteiger partial charge on any atom is 0.255 e. The molecule has 0 radical (unpaired) electrons. The lowest BCUT2D eigenvalue weighted by Crippen LogP contribution is -2.23. The van der Waals surface area contributed by atoms with E-state index >= 15 is 0 Å². The third-order valence-electron chi connectivity index (χ3n) is 6.53. The van der Waals surface area contributed by atoms with Gasteiger partial charge in [0.2, 0.25) is 0 Å². The van der Waals surface area contributed by atoms with Crippen LogP contribution in [0.25, 0.3) is 32.7 Å². The molecule has 3 aromatic carbocycles. The molecule has 0 aliphatic heterocycles. The average Bonchev–Trinajstić information content (AvgIpc) is 2.78. The van der Waals surface area contributed by atoms with E-state index in [4.69, 9.17) is 5.73 Å². The number of fused-ring (bicyclic) bond motifs is 2. The third kappa shape index (κ3) is 3.36. The number of hydrogen-bond donors (Lipinski definition) is 2. The molecule has 3 heteroatoms. The summed E-state index contributed by atoms with van der Waals surface area (Å²) in [6.07, 6.45) is 8.16. The van der Waals surface area contributed by atoms with Crippen LogP contribution in [0.15, 0.2) is 71.7 Å². The molecule has 29 heavy (non-hydrogen) atoms. The highest BCUT2D eigenvalue weighted by molar-refractivity contribution is 5.99. The standard InChI is InChI=1S/C26H26N2O/c27-25(17-5-2-1-3-6-17)21-10-11-23-18(16-21)7-4-8-22(23)19-9-12-24-20(15-19)13-14-28-26(24)29/h4,7-17,25H,1-3,5-6,27H2,(H,28,29). The Morgan fingerprint density at radius 2 is 1.66 bits per heavy atom. The molecule has 0 bridgehead atoms. The quantitative estimate of drug-likeness (QED) is 0.461. The SMILES string of the molecule is NC(c1ccc2c(-c3ccc4c(=O)[nH]ccc4c3)cccc2c1)C1CCCCC1. The predicted octanol–water partition coefficient (Wildman–Crippen LogP) is 5.93. The van der Waals surface area contributed by atoms with Crippen LogP contribution in [-0.2, 0) is 0 Å². The lowest BCUT2D eigenvalue weighted by molar-refractivity contribution is 0.308. The lowest BCUT2D eigenvalue weighted by atomic mass is 9.81. The summed E-state index contributed by atoms with van der Waals surface area (Å²) in [5.74, 6) is 0.600. The van der Waals surface area contributed by atoms with Crippen molar-refractivity contribution in [1.29, 1.82) is 0 Å². The zero-order valence-corrected chi connectivity index (χ0v) is 16.5. The van der Waals surface area contributed by atoms with Crippen molar-refractivity contribution in [3.05, 3.63) is 82.8 Å². The van der Waals surface area contributed by atoms with Gasteiger partial charge in [-0.3, -0.25) is 4.79 Å². The Kier molecular flexibility index (Phi) is 4.69. The molecule has 1 fully saturated rings. The van der Waals surface area contributed by atoms with Crippen LogP contribution in [0.4, 0.5) is 0 Å². The molecule has 0 saturated heterocycles. The fraction of sp³-hybridized carbons (Fsp3) is 0.269. The first kappa shape index (κ1) is 18.1. The number of benzene rings is 3. The fourth-order valence-corrected chi connectivity index (χ4v) is 4.89. The van der Waals surface area contributed by atoms with Gasteiger partial charge in [-0.15, -0.1) is 0 Å². The minimum atomic E-state index is -0.0479. The van der Waals surface area contributed by atoms with Gasteiger partial charge in [0.15, 0.2) is 0 Å². The number of hydrogen-bond acceptors (Lipinski definition) is 2. The first-order chi connectivity index (χ1) is 14.2. The van der Waals surface area contributed by atoms with Crippen molar-refractivity contribution >= 4 is 21.5 Å². The van der Waals surface area contributed by atoms with Crippen LogP contribution in [0.1, 0.15) is 43.7 Å². The molecule has 0 spiro atoms. The number of rotatable bonds is 3. The van der Waals surface area contributed by atoms with Crippen LogP contribution in [0.5, 0.6) is 0 Å². The van der Waals surface area contributed by atoms with Crippen LogP contribution in [0.2, 0.25) is 0 Å². The van der Waals surface area contributed by atoms with E-state index in [1.165, 1.54) is 54.0 Å². The van der Waals surface area contributed by atoms with Gasteiger partial charge in [-0.25, -0.2) is 0 Å². The van der Waals surface area contributed by atoms with E-state index in [1.807, 2.05) is 18.2 Å². The van der Waals surface area contributed by atoms with Crippen molar-refractivity contribution < 1.29 is 0 Å². The number of nitrogens with one attached hydrogen (secondary N) is 1. The second kappa shape index (κ2) is 7.49. The fourth-order valence-electron chi connectivity index (χ4n) is 4.89. The van der Waals surface area contributed by atoms with E-state index in [0.29, 0.717) is 5.92 Å². The van der Waals surface area contributed by atoms with Crippen molar-refractivity contribution in [3.8, 4) is 11.1 Å². The number of nitrogens with two attached hydrogens (primary N) is 1. The number of aromatic nitrogens is 1. The highest BCUT2D eigenvalue weighted by atomic mass is 16.1. The number of aromatic amines is 1. The van der Waals surface area contributed by atoms with Crippen molar-refractivity contribution in [1.82, 2.24) is 4.98 Å². The summed E-state index contributed by atoms with van der Waals surface area (Å²) in [6.45, 7) is 0. The second-order valence-corrected chi connectivity index (χ2v) is 8.32. The zero-order valence-electron chi connectivity index (χ0n) is 16.5. The van der Waals surface area contributed by atoms with Crippen LogP contribution in [-0.4, -0.2) is 4.98 Å². The topological polar surface area (TPSA) is 58.9 Å². The lowest BCUT2D eigenvalue weighted by Gasteiger charge is -2.28. The highest BCUT2D eigenvalue weighted by Gasteiger charge is 2.22. The zero-order chi connectivity index (χ0) is 19.8. The van der Waals surface area contributed by atoms with Crippen LogP contribution in [0.3, 0.4) is 0 Å². The van der Waals surface area contributed by atoms with Gasteiger partial charge >= 0.3 is 0 Å². The van der Waals surface area contributed by atoms with Gasteiger partial charge in [0.25, 0.3) is 5.56 Å². The molecule has 4 aromatic rings. The van der Waals surface area contributed by atoms with Gasteiger partial charge in [-0.2, -0.15) is 0 Å². The molecule has 1 unspecified atom stereocenters. The van der Waals surface area contributed by atoms with E-state index in [0.717, 1.165) is 16.3 Å². The van der Waals surface area contributed by atoms with Crippen LogP contribution in [0, 0.1) is 5.92 Å². The van der Waals surface area contributed by atoms with E-state index in [2.05, 4.69) is 47.4 Å². The summed E-state index contributed by atoms with van der Waals surface area (Å²) in [4.78, 5) is 14.7. The summed E-state index contributed by atoms with van der Waals surface area (Å²) in [6, 6.07) is 21.2. The van der Waals surface area contributed by atoms with Gasteiger partial charge in [0.05, 0.1) is 0 Å². The van der Waals surface area contributed by atoms with Crippen molar-refractivity contribution in [2.24, 2.45) is 11.7 Å². The summed E-state index contributed by atoms with van der Waals surface area (Å²) in [5, 5.41) is 4.12. The molecule has 5 rings (SSSR count). The van der Waals surface area contributed by atoms with Gasteiger partial charge < -0.3 is 10.7 Å². The van der Waals surface area contributed by atoms with Crippen molar-refractivity contribution in [2.45, 2.75) is 38.1 Å². The molecule has 1 heterocycles. The number of pyridine rings is 1. The Bertz CT molecular complexity index is 1230. The van der Waals surface area contributed by atoms with Gasteiger partial charge in [-0.1, -0.05) is 55.7 Å². The van der Waals surface area contributed by atoms with Gasteiger partial charge in [-0.05, 0) is 75.9 Å². The smallest absolute Gasteiger partial charge is 0.255 e. The summed E-state index contributed by atoms with van der Waals surface area (Å²) < 4.78 is 0. The highest BCUT2D eigenvalue weighted by Crippen LogP contribution is 2.36. The Morgan fingerprint density at radius 3 is 2.52 bits per heavy atom. The maximum absolute atomic E-state index is 12.0. The molecular formula is C26H26N2O. The Morgan fingerprint density at radius 1 is 0.862 bits per heavy atom. The average molecular weight is 383 g/mol. The molecular weight excluding hydrogens is 356 g/mol. The summed E-state index contributed by atoms with van der Waals surface area (Å²) >= 11 is 0. The molecule has 3 nitrogen and oxygen atoms in total. The van der Waals surface area contributed by atoms with Crippen molar-refractivity contribution in [2.75, 3.05) is 0 Å². The third-order valence-corrected chi connectivity index (χ3v) is 6.53. The molecule has 1 atom stereocenters. The van der Waals surface area contributed by atoms with E-state index in [1.54, 1.807) is 6.20 Å².